The number of likely N-dealkylation sites (tertiary alicyclic amines) is 1. The number of fused-ring (bicyclic) bond motifs is 3. The van der Waals surface area contributed by atoms with Crippen LogP contribution in [0.5, 0.6) is 0 Å². The number of piperidine rings is 1. The van der Waals surface area contributed by atoms with E-state index >= 15 is 0 Å². The lowest BCUT2D eigenvalue weighted by atomic mass is 10.0. The summed E-state index contributed by atoms with van der Waals surface area (Å²) in [6.07, 6.45) is 2.44. The predicted octanol–water partition coefficient (Wildman–Crippen LogP) is 3.56. The molecule has 5 rings (SSSR count). The lowest BCUT2D eigenvalue weighted by Crippen LogP contribution is -2.35. The third-order valence-electron chi connectivity index (χ3n) is 6.09. The van der Waals surface area contributed by atoms with Crippen molar-refractivity contribution in [2.75, 3.05) is 18.4 Å². The number of H-pyrrole nitrogens is 1. The molecule has 1 fully saturated rings. The van der Waals surface area contributed by atoms with Crippen LogP contribution in [0, 0.1) is 0 Å². The molecule has 2 heterocycles. The second-order valence-corrected chi connectivity index (χ2v) is 8.36. The zero-order valence-electron chi connectivity index (χ0n) is 17.1. The summed E-state index contributed by atoms with van der Waals surface area (Å²) in [5.74, 6) is -0.0810. The van der Waals surface area contributed by atoms with Crippen molar-refractivity contribution in [1.29, 1.82) is 0 Å². The summed E-state index contributed by atoms with van der Waals surface area (Å²) in [6.45, 7) is 4.35. The van der Waals surface area contributed by atoms with Gasteiger partial charge in [-0.3, -0.25) is 14.8 Å². The summed E-state index contributed by atoms with van der Waals surface area (Å²) in [7, 11) is 0. The van der Waals surface area contributed by atoms with Gasteiger partial charge < -0.3 is 10.4 Å². The molecule has 2 aliphatic rings. The van der Waals surface area contributed by atoms with E-state index in [2.05, 4.69) is 38.6 Å². The van der Waals surface area contributed by atoms with Crippen LogP contribution in [0.25, 0.3) is 22.5 Å². The lowest BCUT2D eigenvalue weighted by Gasteiger charge is -2.29. The van der Waals surface area contributed by atoms with Crippen molar-refractivity contribution < 1.29 is 9.90 Å². The van der Waals surface area contributed by atoms with Crippen LogP contribution in [0.1, 0.15) is 36.5 Å². The van der Waals surface area contributed by atoms with Crippen LogP contribution >= 0.6 is 0 Å². The molecule has 1 aromatic heterocycles. The number of aromatic nitrogens is 2. The van der Waals surface area contributed by atoms with E-state index in [9.17, 15) is 9.90 Å². The Kier molecular flexibility index (Phi) is 4.89. The molecule has 1 aliphatic heterocycles. The van der Waals surface area contributed by atoms with Crippen LogP contribution in [0.2, 0.25) is 0 Å². The smallest absolute Gasteiger partial charge is 0.221 e. The van der Waals surface area contributed by atoms with Crippen molar-refractivity contribution in [3.8, 4) is 22.5 Å². The monoisotopic (exact) mass is 402 g/mol. The van der Waals surface area contributed by atoms with Gasteiger partial charge in [-0.15, -0.1) is 0 Å². The van der Waals surface area contributed by atoms with Crippen LogP contribution in [0.3, 0.4) is 0 Å². The maximum atomic E-state index is 11.4. The number of benzene rings is 2. The van der Waals surface area contributed by atoms with Crippen molar-refractivity contribution in [3.05, 3.63) is 59.2 Å². The molecule has 154 valence electrons. The number of nitrogens with one attached hydrogen (secondary N) is 2. The maximum absolute atomic E-state index is 11.4. The molecule has 0 bridgehead atoms. The van der Waals surface area contributed by atoms with Crippen LogP contribution in [-0.2, 0) is 17.8 Å². The predicted molar refractivity (Wildman–Crippen MR) is 117 cm³/mol. The van der Waals surface area contributed by atoms with Gasteiger partial charge in [-0.2, -0.15) is 5.10 Å². The number of amides is 1. The summed E-state index contributed by atoms with van der Waals surface area (Å²) in [6, 6.07) is 14.5. The number of aromatic amines is 1. The van der Waals surface area contributed by atoms with Gasteiger partial charge in [-0.05, 0) is 36.1 Å². The number of aliphatic hydroxyl groups is 1. The number of aliphatic hydroxyl groups excluding tert-OH is 1. The minimum absolute atomic E-state index is 0.0810. The van der Waals surface area contributed by atoms with Crippen molar-refractivity contribution in [2.45, 2.75) is 38.8 Å². The third-order valence-corrected chi connectivity index (χ3v) is 6.09. The topological polar surface area (TPSA) is 81.2 Å². The number of carbonyl (C=O) groups is 1. The van der Waals surface area contributed by atoms with Crippen molar-refractivity contribution >= 4 is 11.6 Å². The number of anilines is 1. The molecular weight excluding hydrogens is 376 g/mol. The molecule has 6 heteroatoms. The molecule has 3 aromatic rings. The Balaban J connectivity index is 1.38. The first-order valence-corrected chi connectivity index (χ1v) is 10.5. The Morgan fingerprint density at radius 2 is 2.07 bits per heavy atom. The molecule has 0 spiro atoms. The van der Waals surface area contributed by atoms with Gasteiger partial charge in [0.15, 0.2) is 0 Å². The molecule has 1 saturated heterocycles. The van der Waals surface area contributed by atoms with Crippen LogP contribution in [0.15, 0.2) is 42.5 Å². The van der Waals surface area contributed by atoms with Crippen LogP contribution in [-0.4, -0.2) is 45.3 Å². The van der Waals surface area contributed by atoms with E-state index in [-0.39, 0.29) is 12.0 Å². The normalized spacial score (nSPS) is 16.3. The SMILES string of the molecule is CC(=O)Nc1cccc(-c2n[nH]c3c2Cc2cc(CN4CCC(O)CC4)ccc2-3)c1. The third kappa shape index (κ3) is 3.64. The van der Waals surface area contributed by atoms with Gasteiger partial charge in [0, 0.05) is 55.4 Å². The van der Waals surface area contributed by atoms with Gasteiger partial charge in [-0.1, -0.05) is 30.3 Å². The highest BCUT2D eigenvalue weighted by Gasteiger charge is 2.26. The minimum Gasteiger partial charge on any atom is -0.393 e. The van der Waals surface area contributed by atoms with E-state index in [1.165, 1.54) is 29.2 Å². The van der Waals surface area contributed by atoms with Gasteiger partial charge in [0.25, 0.3) is 0 Å². The molecule has 30 heavy (non-hydrogen) atoms. The zero-order chi connectivity index (χ0) is 20.7. The lowest BCUT2D eigenvalue weighted by molar-refractivity contribution is -0.114. The number of rotatable bonds is 4. The maximum Gasteiger partial charge on any atom is 0.221 e. The average Bonchev–Trinajstić information content (AvgIpc) is 3.28. The van der Waals surface area contributed by atoms with Crippen LogP contribution < -0.4 is 5.32 Å². The standard InChI is InChI=1S/C24H26N4O2/c1-15(29)25-19-4-2-3-17(12-19)23-22-13-18-11-16(5-6-21(18)24(22)27-26-23)14-28-9-7-20(30)8-10-28/h2-6,11-12,20,30H,7-10,13-14H2,1H3,(H,25,29)(H,26,27). The Labute approximate surface area is 175 Å². The number of hydrogen-bond donors (Lipinski definition) is 3. The fourth-order valence-corrected chi connectivity index (χ4v) is 4.61. The second-order valence-electron chi connectivity index (χ2n) is 8.36. The van der Waals surface area contributed by atoms with Gasteiger partial charge in [0.1, 0.15) is 0 Å². The molecule has 0 atom stereocenters. The number of hydrogen-bond acceptors (Lipinski definition) is 4. The van der Waals surface area contributed by atoms with Gasteiger partial charge in [-0.25, -0.2) is 0 Å². The van der Waals surface area contributed by atoms with Crippen molar-refractivity contribution in [1.82, 2.24) is 15.1 Å². The Morgan fingerprint density at radius 1 is 1.23 bits per heavy atom. The minimum atomic E-state index is -0.138. The fraction of sp³-hybridized carbons (Fsp3) is 0.333. The highest BCUT2D eigenvalue weighted by Crippen LogP contribution is 2.40. The summed E-state index contributed by atoms with van der Waals surface area (Å²) in [5, 5.41) is 20.4. The summed E-state index contributed by atoms with van der Waals surface area (Å²) in [4.78, 5) is 13.8. The number of nitrogens with zero attached hydrogens (tertiary/aromatic N) is 2. The molecule has 2 aromatic carbocycles. The van der Waals surface area contributed by atoms with Gasteiger partial charge in [0.2, 0.25) is 5.91 Å². The summed E-state index contributed by atoms with van der Waals surface area (Å²) in [5.41, 5.74) is 8.89. The highest BCUT2D eigenvalue weighted by molar-refractivity contribution is 5.90. The zero-order valence-corrected chi connectivity index (χ0v) is 17.1. The van der Waals surface area contributed by atoms with E-state index in [1.807, 2.05) is 24.3 Å². The Morgan fingerprint density at radius 3 is 2.87 bits per heavy atom. The van der Waals surface area contributed by atoms with Gasteiger partial charge >= 0.3 is 0 Å². The molecule has 1 aliphatic carbocycles. The second kappa shape index (κ2) is 7.70. The molecule has 3 N–H and O–H groups in total. The summed E-state index contributed by atoms with van der Waals surface area (Å²) >= 11 is 0. The largest absolute Gasteiger partial charge is 0.393 e. The van der Waals surface area contributed by atoms with Crippen molar-refractivity contribution in [3.63, 3.8) is 0 Å². The van der Waals surface area contributed by atoms with E-state index in [1.54, 1.807) is 0 Å². The Hall–Kier alpha value is -2.96. The first-order chi connectivity index (χ1) is 14.6. The fourth-order valence-electron chi connectivity index (χ4n) is 4.61. The van der Waals surface area contributed by atoms with Gasteiger partial charge in [0.05, 0.1) is 17.5 Å². The van der Waals surface area contributed by atoms with Crippen molar-refractivity contribution in [2.24, 2.45) is 0 Å². The molecule has 0 unspecified atom stereocenters. The first kappa shape index (κ1) is 19.0. The van der Waals surface area contributed by atoms with E-state index in [0.717, 1.165) is 61.5 Å². The molecule has 6 nitrogen and oxygen atoms in total. The number of carbonyl (C=O) groups excluding carboxylic acids is 1. The molecule has 1 amide bonds. The van der Waals surface area contributed by atoms with E-state index in [4.69, 9.17) is 0 Å². The first-order valence-electron chi connectivity index (χ1n) is 10.5. The average molecular weight is 402 g/mol. The molecule has 0 radical (unpaired) electrons. The van der Waals surface area contributed by atoms with E-state index in [0.29, 0.717) is 0 Å². The van der Waals surface area contributed by atoms with E-state index < -0.39 is 0 Å². The molecule has 0 saturated carbocycles. The Bertz CT molecular complexity index is 1100. The highest BCUT2D eigenvalue weighted by atomic mass is 16.3. The quantitative estimate of drug-likeness (QED) is 0.488. The summed E-state index contributed by atoms with van der Waals surface area (Å²) < 4.78 is 0. The van der Waals surface area contributed by atoms with Crippen LogP contribution in [0.4, 0.5) is 5.69 Å². The molecular formula is C24H26N4O2.